The van der Waals surface area contributed by atoms with E-state index in [0.717, 1.165) is 35.1 Å². The number of aryl methyl sites for hydroxylation is 2. The Labute approximate surface area is 253 Å². The number of halogens is 3. The van der Waals surface area contributed by atoms with Crippen LogP contribution in [0.4, 0.5) is 13.2 Å². The molecule has 0 radical (unpaired) electrons. The van der Waals surface area contributed by atoms with Crippen LogP contribution in [0.2, 0.25) is 0 Å². The fraction of sp³-hybridized carbons (Fsp3) is 0.469. The summed E-state index contributed by atoms with van der Waals surface area (Å²) >= 11 is 0. The molecule has 4 aromatic rings. The average molecular weight is 608 g/mol. The van der Waals surface area contributed by atoms with Gasteiger partial charge < -0.3 is 9.80 Å². The van der Waals surface area contributed by atoms with Crippen molar-refractivity contribution in [3.63, 3.8) is 0 Å². The van der Waals surface area contributed by atoms with E-state index in [1.807, 2.05) is 34.9 Å². The van der Waals surface area contributed by atoms with Gasteiger partial charge in [0.05, 0.1) is 23.1 Å². The van der Waals surface area contributed by atoms with Crippen LogP contribution in [-0.2, 0) is 24.4 Å². The zero-order chi connectivity index (χ0) is 31.2. The van der Waals surface area contributed by atoms with Crippen molar-refractivity contribution in [2.75, 3.05) is 26.2 Å². The number of nitrogens with zero attached hydrogens (tertiary/aromatic N) is 7. The molecule has 0 spiro atoms. The van der Waals surface area contributed by atoms with Crippen LogP contribution in [0.3, 0.4) is 0 Å². The number of rotatable bonds is 5. The molecule has 0 unspecified atom stereocenters. The van der Waals surface area contributed by atoms with E-state index in [9.17, 15) is 22.8 Å². The van der Waals surface area contributed by atoms with Gasteiger partial charge in [-0.1, -0.05) is 31.9 Å². The normalized spacial score (nSPS) is 19.5. The monoisotopic (exact) mass is 607 g/mol. The molecule has 2 aliphatic rings. The highest BCUT2D eigenvalue weighted by Crippen LogP contribution is 2.36. The quantitative estimate of drug-likeness (QED) is 0.313. The molecule has 9 nitrogen and oxygen atoms in total. The van der Waals surface area contributed by atoms with Crippen LogP contribution in [-0.4, -0.2) is 71.9 Å². The third kappa shape index (κ3) is 5.69. The van der Waals surface area contributed by atoms with Crippen molar-refractivity contribution in [2.24, 2.45) is 18.9 Å². The minimum atomic E-state index is -4.61. The van der Waals surface area contributed by atoms with Crippen LogP contribution < -0.4 is 0 Å². The van der Waals surface area contributed by atoms with Crippen LogP contribution in [0.5, 0.6) is 0 Å². The Hall–Kier alpha value is -4.22. The second-order valence-corrected chi connectivity index (χ2v) is 12.1. The Balaban J connectivity index is 1.15. The summed E-state index contributed by atoms with van der Waals surface area (Å²) in [6.45, 7) is 6.19. The average Bonchev–Trinajstić information content (AvgIpc) is 3.61. The molecule has 1 aliphatic carbocycles. The number of aromatic nitrogens is 5. The first-order valence-corrected chi connectivity index (χ1v) is 15.1. The van der Waals surface area contributed by atoms with Crippen LogP contribution in [0.25, 0.3) is 16.9 Å². The number of imidazole rings is 1. The summed E-state index contributed by atoms with van der Waals surface area (Å²) in [6.07, 6.45) is 6.01. The number of hydrogen-bond donors (Lipinski definition) is 0. The maximum atomic E-state index is 13.6. The van der Waals surface area contributed by atoms with Crippen molar-refractivity contribution in [1.82, 2.24) is 33.9 Å². The van der Waals surface area contributed by atoms with E-state index in [1.165, 1.54) is 25.9 Å². The molecule has 2 amide bonds. The Morgan fingerprint density at radius 1 is 1.02 bits per heavy atom. The molecule has 1 saturated carbocycles. The van der Waals surface area contributed by atoms with Gasteiger partial charge in [0.25, 0.3) is 5.91 Å². The van der Waals surface area contributed by atoms with Gasteiger partial charge in [0.1, 0.15) is 0 Å². The molecule has 44 heavy (non-hydrogen) atoms. The maximum Gasteiger partial charge on any atom is 0.435 e. The molecule has 0 N–H and O–H groups in total. The Morgan fingerprint density at radius 3 is 2.45 bits per heavy atom. The summed E-state index contributed by atoms with van der Waals surface area (Å²) in [7, 11) is 1.45. The SMILES string of the molecule is Cc1cc(Cc2nccn3c(-c4cn(C)nc4C(F)(F)F)cnc23)ccc1C(=O)N1CCN(C(=O)[C@H]2CCCC[C@H]2C)CC1. The molecule has 232 valence electrons. The van der Waals surface area contributed by atoms with Gasteiger partial charge in [0.15, 0.2) is 11.3 Å². The maximum absolute atomic E-state index is 13.6. The largest absolute Gasteiger partial charge is 0.435 e. The van der Waals surface area contributed by atoms with Crippen molar-refractivity contribution in [2.45, 2.75) is 52.1 Å². The van der Waals surface area contributed by atoms with E-state index in [-0.39, 0.29) is 29.0 Å². The number of carbonyl (C=O) groups excluding carboxylic acids is 2. The first-order chi connectivity index (χ1) is 21.0. The summed E-state index contributed by atoms with van der Waals surface area (Å²) in [5, 5.41) is 3.62. The standard InChI is InChI=1S/C32H36F3N7O2/c1-20-6-4-5-7-23(20)30(43)40-12-14-41(15-13-40)31(44)24-9-8-22(16-21(24)2)17-26-29-37-18-27(42(29)11-10-36-26)25-19-39(3)38-28(25)32(33,34)35/h8-11,16,18-20,23H,4-7,12-15,17H2,1-3H3/t20-,23+/m1/s1. The highest BCUT2D eigenvalue weighted by atomic mass is 19.4. The third-order valence-corrected chi connectivity index (χ3v) is 9.07. The molecule has 1 aromatic carbocycles. The summed E-state index contributed by atoms with van der Waals surface area (Å²) in [6, 6.07) is 5.63. The number of carbonyl (C=O) groups is 2. The second-order valence-electron chi connectivity index (χ2n) is 12.1. The van der Waals surface area contributed by atoms with Gasteiger partial charge in [0, 0.05) is 69.7 Å². The van der Waals surface area contributed by atoms with Gasteiger partial charge in [-0.3, -0.25) is 23.7 Å². The predicted octanol–water partition coefficient (Wildman–Crippen LogP) is 5.16. The number of piperazine rings is 1. The molecule has 6 rings (SSSR count). The number of benzene rings is 1. The lowest BCUT2D eigenvalue weighted by atomic mass is 9.79. The lowest BCUT2D eigenvalue weighted by Gasteiger charge is -2.38. The highest BCUT2D eigenvalue weighted by molar-refractivity contribution is 5.96. The molecular weight excluding hydrogens is 571 g/mol. The molecule has 2 fully saturated rings. The highest BCUT2D eigenvalue weighted by Gasteiger charge is 2.38. The summed E-state index contributed by atoms with van der Waals surface area (Å²) in [5.74, 6) is 0.696. The van der Waals surface area contributed by atoms with Crippen molar-refractivity contribution >= 4 is 17.5 Å². The summed E-state index contributed by atoms with van der Waals surface area (Å²) in [5.41, 5.74) is 2.63. The predicted molar refractivity (Wildman–Crippen MR) is 158 cm³/mol. The van der Waals surface area contributed by atoms with Gasteiger partial charge in [-0.05, 0) is 42.9 Å². The second kappa shape index (κ2) is 11.7. The molecule has 1 saturated heterocycles. The first-order valence-electron chi connectivity index (χ1n) is 15.1. The van der Waals surface area contributed by atoms with Gasteiger partial charge in [0.2, 0.25) is 5.91 Å². The van der Waals surface area contributed by atoms with Crippen molar-refractivity contribution < 1.29 is 22.8 Å². The Bertz CT molecular complexity index is 1700. The molecule has 1 aliphatic heterocycles. The smallest absolute Gasteiger partial charge is 0.339 e. The van der Waals surface area contributed by atoms with Crippen molar-refractivity contribution in [3.8, 4) is 11.3 Å². The molecular formula is C32H36F3N7O2. The van der Waals surface area contributed by atoms with Gasteiger partial charge in [-0.2, -0.15) is 18.3 Å². The summed E-state index contributed by atoms with van der Waals surface area (Å²) in [4.78, 5) is 39.2. The lowest BCUT2D eigenvalue weighted by Crippen LogP contribution is -2.52. The zero-order valence-electron chi connectivity index (χ0n) is 25.1. The number of hydrogen-bond acceptors (Lipinski definition) is 5. The van der Waals surface area contributed by atoms with E-state index >= 15 is 0 Å². The van der Waals surface area contributed by atoms with Crippen LogP contribution in [0.15, 0.2) is 43.0 Å². The number of fused-ring (bicyclic) bond motifs is 1. The number of amides is 2. The molecule has 3 aromatic heterocycles. The van der Waals surface area contributed by atoms with E-state index in [4.69, 9.17) is 0 Å². The molecule has 2 atom stereocenters. The molecule has 12 heteroatoms. The lowest BCUT2D eigenvalue weighted by molar-refractivity contribution is -0.141. The van der Waals surface area contributed by atoms with E-state index in [1.54, 1.807) is 16.8 Å². The minimum absolute atomic E-state index is 0.0535. The zero-order valence-corrected chi connectivity index (χ0v) is 25.1. The van der Waals surface area contributed by atoms with Crippen molar-refractivity contribution in [1.29, 1.82) is 0 Å². The fourth-order valence-corrected chi connectivity index (χ4v) is 6.67. The van der Waals surface area contributed by atoms with Crippen molar-refractivity contribution in [3.05, 3.63) is 71.1 Å². The van der Waals surface area contributed by atoms with Crippen LogP contribution in [0, 0.1) is 18.8 Å². The minimum Gasteiger partial charge on any atom is -0.339 e. The Kier molecular flexibility index (Phi) is 7.93. The van der Waals surface area contributed by atoms with Gasteiger partial charge >= 0.3 is 6.18 Å². The van der Waals surface area contributed by atoms with Crippen LogP contribution >= 0.6 is 0 Å². The van der Waals surface area contributed by atoms with Gasteiger partial charge in [-0.15, -0.1) is 0 Å². The molecule has 0 bridgehead atoms. The topological polar surface area (TPSA) is 88.6 Å². The first kappa shape index (κ1) is 29.8. The fourth-order valence-electron chi connectivity index (χ4n) is 6.67. The van der Waals surface area contributed by atoms with E-state index in [0.29, 0.717) is 55.4 Å². The summed E-state index contributed by atoms with van der Waals surface area (Å²) < 4.78 is 43.7. The van der Waals surface area contributed by atoms with Gasteiger partial charge in [-0.25, -0.2) is 4.98 Å². The van der Waals surface area contributed by atoms with Crippen LogP contribution in [0.1, 0.15) is 65.5 Å². The van der Waals surface area contributed by atoms with E-state index < -0.39 is 11.9 Å². The number of alkyl halides is 3. The molecule has 4 heterocycles. The van der Waals surface area contributed by atoms with E-state index in [2.05, 4.69) is 22.0 Å². The Morgan fingerprint density at radius 2 is 1.75 bits per heavy atom. The third-order valence-electron chi connectivity index (χ3n) is 9.07.